The predicted molar refractivity (Wildman–Crippen MR) is 109 cm³/mol. The molecule has 2 aliphatic heterocycles. The second-order valence-corrected chi connectivity index (χ2v) is 8.22. The maximum absolute atomic E-state index is 12.9. The van der Waals surface area contributed by atoms with Gasteiger partial charge in [-0.15, -0.1) is 0 Å². The minimum Gasteiger partial charge on any atom is -0.454 e. The van der Waals surface area contributed by atoms with Gasteiger partial charge in [-0.3, -0.25) is 10.1 Å². The minimum atomic E-state index is -0.268. The zero-order valence-electron chi connectivity index (χ0n) is 16.0. The van der Waals surface area contributed by atoms with Gasteiger partial charge in [0.25, 0.3) is 0 Å². The van der Waals surface area contributed by atoms with Crippen LogP contribution in [0.1, 0.15) is 35.7 Å². The number of aromatic amines is 1. The average molecular weight is 389 g/mol. The molecule has 1 aliphatic carbocycles. The fraction of sp³-hybridized carbons (Fsp3) is 0.348. The van der Waals surface area contributed by atoms with E-state index in [2.05, 4.69) is 33.8 Å². The Morgan fingerprint density at radius 1 is 1.10 bits per heavy atom. The van der Waals surface area contributed by atoms with Crippen molar-refractivity contribution in [3.63, 3.8) is 0 Å². The number of rotatable bonds is 4. The molecular formula is C23H23N3O3. The number of H-pyrrole nitrogens is 1. The van der Waals surface area contributed by atoms with Crippen molar-refractivity contribution >= 4 is 16.8 Å². The molecule has 0 radical (unpaired) electrons. The van der Waals surface area contributed by atoms with E-state index in [1.807, 2.05) is 24.3 Å². The normalized spacial score (nSPS) is 22.5. The number of benzene rings is 2. The number of nitrogens with one attached hydrogen (secondary N) is 3. The van der Waals surface area contributed by atoms with Crippen LogP contribution in [0.3, 0.4) is 0 Å². The third kappa shape index (κ3) is 2.95. The summed E-state index contributed by atoms with van der Waals surface area (Å²) in [5.74, 6) is 2.26. The lowest BCUT2D eigenvalue weighted by Crippen LogP contribution is -2.50. The molecule has 0 unspecified atom stereocenters. The van der Waals surface area contributed by atoms with Crippen LogP contribution in [0.25, 0.3) is 10.9 Å². The maximum Gasteiger partial charge on any atom is 0.237 e. The predicted octanol–water partition coefficient (Wildman–Crippen LogP) is 3.03. The van der Waals surface area contributed by atoms with Crippen molar-refractivity contribution in [2.45, 2.75) is 31.3 Å². The summed E-state index contributed by atoms with van der Waals surface area (Å²) in [7, 11) is 0. The summed E-state index contributed by atoms with van der Waals surface area (Å²) >= 11 is 0. The fourth-order valence-corrected chi connectivity index (χ4v) is 4.45. The summed E-state index contributed by atoms with van der Waals surface area (Å²) in [4.78, 5) is 16.5. The van der Waals surface area contributed by atoms with Crippen molar-refractivity contribution < 1.29 is 14.3 Å². The molecule has 6 heteroatoms. The van der Waals surface area contributed by atoms with Crippen LogP contribution in [-0.2, 0) is 11.2 Å². The number of amides is 1. The van der Waals surface area contributed by atoms with Crippen molar-refractivity contribution in [3.8, 4) is 11.5 Å². The van der Waals surface area contributed by atoms with Gasteiger partial charge in [0.1, 0.15) is 0 Å². The van der Waals surface area contributed by atoms with Gasteiger partial charge in [0.2, 0.25) is 12.7 Å². The van der Waals surface area contributed by atoms with Gasteiger partial charge in [0.05, 0.1) is 12.1 Å². The van der Waals surface area contributed by atoms with E-state index in [-0.39, 0.29) is 24.8 Å². The molecule has 6 nitrogen and oxygen atoms in total. The first kappa shape index (κ1) is 16.9. The number of ether oxygens (including phenoxy) is 2. The van der Waals surface area contributed by atoms with Crippen LogP contribution < -0.4 is 20.1 Å². The molecule has 3 aromatic rings. The highest BCUT2D eigenvalue weighted by atomic mass is 16.7. The first-order valence-electron chi connectivity index (χ1n) is 10.3. The molecular weight excluding hydrogens is 366 g/mol. The van der Waals surface area contributed by atoms with E-state index in [0.717, 1.165) is 34.8 Å². The van der Waals surface area contributed by atoms with E-state index in [1.165, 1.54) is 23.8 Å². The van der Waals surface area contributed by atoms with Crippen molar-refractivity contribution in [1.82, 2.24) is 15.6 Å². The second-order valence-electron chi connectivity index (χ2n) is 8.22. The van der Waals surface area contributed by atoms with Crippen molar-refractivity contribution in [3.05, 3.63) is 59.3 Å². The molecule has 148 valence electrons. The number of aromatic nitrogens is 1. The Hall–Kier alpha value is -2.99. The Morgan fingerprint density at radius 3 is 2.86 bits per heavy atom. The first-order chi connectivity index (χ1) is 14.3. The molecule has 2 atom stereocenters. The van der Waals surface area contributed by atoms with E-state index in [0.29, 0.717) is 12.3 Å². The lowest BCUT2D eigenvalue weighted by Gasteiger charge is -2.31. The number of fused-ring (bicyclic) bond motifs is 4. The average Bonchev–Trinajstić information content (AvgIpc) is 3.33. The Balaban J connectivity index is 1.39. The zero-order valence-corrected chi connectivity index (χ0v) is 16.0. The highest BCUT2D eigenvalue weighted by molar-refractivity contribution is 5.88. The topological polar surface area (TPSA) is 75.4 Å². The van der Waals surface area contributed by atoms with Gasteiger partial charge in [0, 0.05) is 23.1 Å². The molecule has 1 aromatic heterocycles. The van der Waals surface area contributed by atoms with Gasteiger partial charge in [0.15, 0.2) is 11.5 Å². The van der Waals surface area contributed by atoms with Crippen LogP contribution in [0.15, 0.2) is 42.5 Å². The molecule has 3 heterocycles. The van der Waals surface area contributed by atoms with E-state index in [4.69, 9.17) is 9.47 Å². The largest absolute Gasteiger partial charge is 0.454 e. The Bertz CT molecular complexity index is 1100. The van der Waals surface area contributed by atoms with E-state index >= 15 is 0 Å². The van der Waals surface area contributed by atoms with Gasteiger partial charge in [-0.2, -0.15) is 0 Å². The third-order valence-electron chi connectivity index (χ3n) is 6.22. The molecule has 0 spiro atoms. The summed E-state index contributed by atoms with van der Waals surface area (Å²) in [5, 5.41) is 7.91. The van der Waals surface area contributed by atoms with E-state index < -0.39 is 0 Å². The zero-order chi connectivity index (χ0) is 19.4. The molecule has 3 N–H and O–H groups in total. The Labute approximate surface area is 168 Å². The van der Waals surface area contributed by atoms with Crippen LogP contribution in [0.5, 0.6) is 11.5 Å². The quantitative estimate of drug-likeness (QED) is 0.641. The van der Waals surface area contributed by atoms with Gasteiger partial charge >= 0.3 is 0 Å². The van der Waals surface area contributed by atoms with Crippen molar-refractivity contribution in [1.29, 1.82) is 0 Å². The van der Waals surface area contributed by atoms with Crippen LogP contribution in [0.2, 0.25) is 0 Å². The van der Waals surface area contributed by atoms with Gasteiger partial charge in [-0.1, -0.05) is 24.3 Å². The number of carbonyl (C=O) groups is 1. The lowest BCUT2D eigenvalue weighted by molar-refractivity contribution is -0.123. The molecule has 3 aliphatic rings. The first-order valence-corrected chi connectivity index (χ1v) is 10.3. The molecule has 1 amide bonds. The Morgan fingerprint density at radius 2 is 1.97 bits per heavy atom. The molecule has 0 bridgehead atoms. The summed E-state index contributed by atoms with van der Waals surface area (Å²) in [6, 6.07) is 13.9. The standard InChI is InChI=1S/C23H23N3O3/c27-23(24-11-13-5-6-13)18-10-16-15-3-1-2-4-17(15)25-22(16)21(26-18)14-7-8-19-20(9-14)29-12-28-19/h1-4,7-9,13,18,21,25-26H,5-6,10-12H2,(H,24,27)/t18-,21+/m0/s1. The number of hydrogen-bond acceptors (Lipinski definition) is 4. The summed E-state index contributed by atoms with van der Waals surface area (Å²) in [6.45, 7) is 1.03. The van der Waals surface area contributed by atoms with Crippen LogP contribution >= 0.6 is 0 Å². The van der Waals surface area contributed by atoms with E-state index in [1.54, 1.807) is 0 Å². The number of hydrogen-bond donors (Lipinski definition) is 3. The summed E-state index contributed by atoms with van der Waals surface area (Å²) < 4.78 is 11.0. The summed E-state index contributed by atoms with van der Waals surface area (Å²) in [6.07, 6.45) is 3.13. The lowest BCUT2D eigenvalue weighted by atomic mass is 9.90. The minimum absolute atomic E-state index is 0.0820. The number of para-hydroxylation sites is 1. The van der Waals surface area contributed by atoms with Crippen molar-refractivity contribution in [2.24, 2.45) is 5.92 Å². The van der Waals surface area contributed by atoms with Gasteiger partial charge < -0.3 is 19.8 Å². The van der Waals surface area contributed by atoms with Crippen LogP contribution in [-0.4, -0.2) is 30.3 Å². The highest BCUT2D eigenvalue weighted by Crippen LogP contribution is 2.39. The third-order valence-corrected chi connectivity index (χ3v) is 6.22. The monoisotopic (exact) mass is 389 g/mol. The van der Waals surface area contributed by atoms with Gasteiger partial charge in [-0.25, -0.2) is 0 Å². The second kappa shape index (κ2) is 6.52. The highest BCUT2D eigenvalue weighted by Gasteiger charge is 2.35. The van der Waals surface area contributed by atoms with Gasteiger partial charge in [-0.05, 0) is 54.5 Å². The molecule has 6 rings (SSSR count). The number of carbonyl (C=O) groups excluding carboxylic acids is 1. The SMILES string of the molecule is O=C(NCC1CC1)[C@@H]1Cc2c([nH]c3ccccc23)[C@@H](c2ccc3c(c2)OCO3)N1. The van der Waals surface area contributed by atoms with Crippen molar-refractivity contribution in [2.75, 3.05) is 13.3 Å². The van der Waals surface area contributed by atoms with E-state index in [9.17, 15) is 4.79 Å². The molecule has 0 saturated heterocycles. The van der Waals surface area contributed by atoms with Crippen LogP contribution in [0.4, 0.5) is 0 Å². The molecule has 1 fully saturated rings. The van der Waals surface area contributed by atoms with Crippen LogP contribution in [0, 0.1) is 5.92 Å². The Kier molecular flexibility index (Phi) is 3.81. The molecule has 1 saturated carbocycles. The smallest absolute Gasteiger partial charge is 0.237 e. The molecule has 29 heavy (non-hydrogen) atoms. The maximum atomic E-state index is 12.9. The summed E-state index contributed by atoms with van der Waals surface area (Å²) in [5.41, 5.74) is 4.50. The fourth-order valence-electron chi connectivity index (χ4n) is 4.45. The molecule has 2 aromatic carbocycles.